The first-order valence-corrected chi connectivity index (χ1v) is 16.0. The predicted octanol–water partition coefficient (Wildman–Crippen LogP) is 7.63. The first-order chi connectivity index (χ1) is 19.1. The number of carbonyl (C=O) groups is 3. The van der Waals surface area contributed by atoms with Gasteiger partial charge in [-0.05, 0) is 36.1 Å². The van der Waals surface area contributed by atoms with E-state index in [2.05, 4.69) is 26.0 Å². The first kappa shape index (κ1) is 41.6. The van der Waals surface area contributed by atoms with Gasteiger partial charge in [-0.25, -0.2) is 8.42 Å². The van der Waals surface area contributed by atoms with Crippen LogP contribution in [0.3, 0.4) is 0 Å². The van der Waals surface area contributed by atoms with Crippen LogP contribution in [0.15, 0.2) is 70.5 Å². The molecule has 238 valence electrons. The highest BCUT2D eigenvalue weighted by atomic mass is 32.2. The standard InChI is InChI=1S/C15H22O3S.C15H22OS.C2H4O2.H2O2/c1-11(2)13(14(16)15(3,4)5)19(17,18)12-9-7-6-8-10-12;1-11(2)13(14(16)15(3,4)5)17-12-9-7-6-8-10-12;1-2(3)4;1-2/h6-11,13H,1-5H3;6-11,13H,1-5H3;1H3,(H,3,4);1-2H. The summed E-state index contributed by atoms with van der Waals surface area (Å²) in [5, 5.41) is 18.5. The van der Waals surface area contributed by atoms with E-state index in [4.69, 9.17) is 20.4 Å². The molecule has 0 aliphatic carbocycles. The van der Waals surface area contributed by atoms with Gasteiger partial charge >= 0.3 is 0 Å². The third-order valence-electron chi connectivity index (χ3n) is 5.62. The van der Waals surface area contributed by atoms with E-state index in [1.165, 1.54) is 4.90 Å². The Morgan fingerprint density at radius 3 is 1.36 bits per heavy atom. The molecule has 0 aliphatic rings. The van der Waals surface area contributed by atoms with Crippen molar-refractivity contribution in [2.75, 3.05) is 0 Å². The van der Waals surface area contributed by atoms with E-state index in [0.717, 1.165) is 6.92 Å². The van der Waals surface area contributed by atoms with Crippen LogP contribution in [0.5, 0.6) is 0 Å². The monoisotopic (exact) mass is 626 g/mol. The fourth-order valence-corrected chi connectivity index (χ4v) is 7.07. The van der Waals surface area contributed by atoms with Crippen molar-refractivity contribution in [1.29, 1.82) is 0 Å². The van der Waals surface area contributed by atoms with Gasteiger partial charge in [0.05, 0.1) is 10.1 Å². The van der Waals surface area contributed by atoms with Gasteiger partial charge in [-0.15, -0.1) is 11.8 Å². The summed E-state index contributed by atoms with van der Waals surface area (Å²) in [7, 11) is -3.63. The number of thioether (sulfide) groups is 1. The first-order valence-electron chi connectivity index (χ1n) is 13.6. The second kappa shape index (κ2) is 18.9. The molecule has 0 saturated carbocycles. The molecule has 2 atom stereocenters. The summed E-state index contributed by atoms with van der Waals surface area (Å²) in [5.41, 5.74) is -0.937. The quantitative estimate of drug-likeness (QED) is 0.153. The highest BCUT2D eigenvalue weighted by Crippen LogP contribution is 2.33. The molecule has 0 saturated heterocycles. The second-order valence-corrected chi connectivity index (χ2v) is 15.6. The van der Waals surface area contributed by atoms with Crippen LogP contribution in [0.2, 0.25) is 0 Å². The van der Waals surface area contributed by atoms with Gasteiger partial charge in [0.1, 0.15) is 5.25 Å². The van der Waals surface area contributed by atoms with Crippen molar-refractivity contribution in [3.05, 3.63) is 60.7 Å². The molecule has 2 aromatic carbocycles. The number of hydrogen-bond donors (Lipinski definition) is 3. The average Bonchev–Trinajstić information content (AvgIpc) is 2.87. The molecule has 10 heteroatoms. The Morgan fingerprint density at radius 1 is 0.690 bits per heavy atom. The maximum absolute atomic E-state index is 12.6. The summed E-state index contributed by atoms with van der Waals surface area (Å²) in [5.74, 6) is -0.628. The molecule has 42 heavy (non-hydrogen) atoms. The van der Waals surface area contributed by atoms with Crippen molar-refractivity contribution >= 4 is 39.1 Å². The topological polar surface area (TPSA) is 146 Å². The number of aliphatic carboxylic acids is 1. The summed E-state index contributed by atoms with van der Waals surface area (Å²) in [6.07, 6.45) is 0. The normalized spacial score (nSPS) is 12.8. The number of Topliss-reactive ketones (excluding diaryl/α,β-unsaturated/α-hetero) is 2. The molecule has 8 nitrogen and oxygen atoms in total. The van der Waals surface area contributed by atoms with Crippen LogP contribution in [0.1, 0.15) is 76.2 Å². The van der Waals surface area contributed by atoms with Gasteiger partial charge in [0, 0.05) is 22.6 Å². The summed E-state index contributed by atoms with van der Waals surface area (Å²) in [4.78, 5) is 35.2. The van der Waals surface area contributed by atoms with Crippen LogP contribution in [0.4, 0.5) is 0 Å². The van der Waals surface area contributed by atoms with Gasteiger partial charge in [0.25, 0.3) is 5.97 Å². The third kappa shape index (κ3) is 15.1. The van der Waals surface area contributed by atoms with Crippen LogP contribution in [0, 0.1) is 22.7 Å². The lowest BCUT2D eigenvalue weighted by atomic mass is 9.86. The molecule has 0 fully saturated rings. The van der Waals surface area contributed by atoms with Gasteiger partial charge < -0.3 is 5.11 Å². The number of sulfone groups is 1. The van der Waals surface area contributed by atoms with E-state index in [1.807, 2.05) is 39.0 Å². The molecule has 2 aromatic rings. The molecule has 3 N–H and O–H groups in total. The van der Waals surface area contributed by atoms with Gasteiger partial charge in [0.15, 0.2) is 21.4 Å². The molecule has 0 aromatic heterocycles. The molecular weight excluding hydrogens is 576 g/mol. The summed E-state index contributed by atoms with van der Waals surface area (Å²) in [6.45, 7) is 20.1. The van der Waals surface area contributed by atoms with Gasteiger partial charge in [-0.1, -0.05) is 106 Å². The Balaban J connectivity index is 0. The van der Waals surface area contributed by atoms with Crippen molar-refractivity contribution < 1.29 is 38.4 Å². The fourth-order valence-electron chi connectivity index (χ4n) is 3.55. The van der Waals surface area contributed by atoms with Gasteiger partial charge in [-0.3, -0.25) is 24.9 Å². The molecule has 0 heterocycles. The number of carboxylic acid groups (broad SMARTS) is 1. The van der Waals surface area contributed by atoms with Gasteiger partial charge in [-0.2, -0.15) is 0 Å². The fraction of sp³-hybridized carbons (Fsp3) is 0.531. The minimum absolute atomic E-state index is 0.0393. The van der Waals surface area contributed by atoms with E-state index in [1.54, 1.807) is 76.7 Å². The molecule has 0 spiro atoms. The van der Waals surface area contributed by atoms with Crippen molar-refractivity contribution in [3.8, 4) is 0 Å². The van der Waals surface area contributed by atoms with Crippen LogP contribution in [0.25, 0.3) is 0 Å². The highest BCUT2D eigenvalue weighted by Gasteiger charge is 2.41. The number of carboxylic acids is 1. The van der Waals surface area contributed by atoms with Crippen molar-refractivity contribution in [2.45, 2.75) is 96.5 Å². The second-order valence-electron chi connectivity index (χ2n) is 12.4. The van der Waals surface area contributed by atoms with E-state index in [-0.39, 0.29) is 27.3 Å². The molecule has 0 bridgehead atoms. The molecule has 2 unspecified atom stereocenters. The Kier molecular flexibility index (Phi) is 18.7. The maximum atomic E-state index is 12.6. The minimum Gasteiger partial charge on any atom is -0.481 e. The molecule has 0 aliphatic heterocycles. The lowest BCUT2D eigenvalue weighted by Crippen LogP contribution is -2.41. The maximum Gasteiger partial charge on any atom is 0.300 e. The number of rotatable bonds is 8. The summed E-state index contributed by atoms with van der Waals surface area (Å²) >= 11 is 1.68. The van der Waals surface area contributed by atoms with Crippen LogP contribution >= 0.6 is 11.8 Å². The van der Waals surface area contributed by atoms with E-state index in [0.29, 0.717) is 11.7 Å². The summed E-state index contributed by atoms with van der Waals surface area (Å²) < 4.78 is 25.3. The van der Waals surface area contributed by atoms with E-state index < -0.39 is 26.5 Å². The Bertz CT molecular complexity index is 1170. The number of ketones is 2. The Labute approximate surface area is 256 Å². The minimum atomic E-state index is -3.63. The number of carbonyl (C=O) groups excluding carboxylic acids is 2. The van der Waals surface area contributed by atoms with Crippen LogP contribution in [-0.4, -0.2) is 52.1 Å². The molecule has 0 amide bonds. The van der Waals surface area contributed by atoms with E-state index in [9.17, 15) is 18.0 Å². The Hall–Kier alpha value is -2.53. The highest BCUT2D eigenvalue weighted by molar-refractivity contribution is 8.00. The lowest BCUT2D eigenvalue weighted by molar-refractivity contribution is -0.176. The van der Waals surface area contributed by atoms with Crippen molar-refractivity contribution in [1.82, 2.24) is 0 Å². The lowest BCUT2D eigenvalue weighted by Gasteiger charge is -2.27. The number of benzene rings is 2. The Morgan fingerprint density at radius 2 is 1.05 bits per heavy atom. The van der Waals surface area contributed by atoms with Crippen LogP contribution in [-0.2, 0) is 24.2 Å². The average molecular weight is 627 g/mol. The zero-order valence-electron chi connectivity index (χ0n) is 26.8. The van der Waals surface area contributed by atoms with Crippen molar-refractivity contribution in [3.63, 3.8) is 0 Å². The zero-order valence-corrected chi connectivity index (χ0v) is 28.4. The van der Waals surface area contributed by atoms with E-state index >= 15 is 0 Å². The van der Waals surface area contributed by atoms with Gasteiger partial charge in [0.2, 0.25) is 0 Å². The number of hydrogen-bond acceptors (Lipinski definition) is 8. The van der Waals surface area contributed by atoms with Crippen molar-refractivity contribution in [2.24, 2.45) is 22.7 Å². The third-order valence-corrected chi connectivity index (χ3v) is 9.53. The smallest absolute Gasteiger partial charge is 0.300 e. The van der Waals surface area contributed by atoms with Crippen LogP contribution < -0.4 is 0 Å². The largest absolute Gasteiger partial charge is 0.481 e. The summed E-state index contributed by atoms with van der Waals surface area (Å²) in [6, 6.07) is 18.3. The predicted molar refractivity (Wildman–Crippen MR) is 171 cm³/mol. The molecular formula is C32H50O8S2. The SMILES string of the molecule is CC(=O)O.CC(C)C(C(=O)C(C)(C)C)S(=O)(=O)c1ccccc1.CC(C)C(Sc1ccccc1)C(=O)C(C)(C)C.OO. The zero-order chi connectivity index (χ0) is 33.5. The molecule has 0 radical (unpaired) electrons. The molecule has 2 rings (SSSR count).